The normalized spacial score (nSPS) is 10.8. The molecule has 13 nitrogen and oxygen atoms in total. The van der Waals surface area contributed by atoms with Gasteiger partial charge in [0.2, 0.25) is 11.8 Å². The highest BCUT2D eigenvalue weighted by Gasteiger charge is 2.15. The maximum Gasteiger partial charge on any atom is 0.407 e. The van der Waals surface area contributed by atoms with Crippen LogP contribution >= 0.6 is 0 Å². The monoisotopic (exact) mass is 643 g/mol. The predicted octanol–water partition coefficient (Wildman–Crippen LogP) is 3.12. The number of nitrogens with one attached hydrogen (secondary N) is 3. The maximum absolute atomic E-state index is 11.5. The van der Waals surface area contributed by atoms with Gasteiger partial charge in [0.1, 0.15) is 25.1 Å². The van der Waals surface area contributed by atoms with E-state index < -0.39 is 11.5 Å². The van der Waals surface area contributed by atoms with Crippen LogP contribution in [0.15, 0.2) is 24.3 Å². The Morgan fingerprint density at radius 1 is 1.00 bits per heavy atom. The molecule has 262 valence electrons. The number of anilines is 1. The summed E-state index contributed by atoms with van der Waals surface area (Å²) in [5, 5.41) is 16.5. The molecular formula is C32H61N5O8. The molecule has 0 aliphatic rings. The van der Waals surface area contributed by atoms with Gasteiger partial charge in [-0.1, -0.05) is 39.3 Å². The highest BCUT2D eigenvalue weighted by Crippen LogP contribution is 2.09. The second-order valence-electron chi connectivity index (χ2n) is 11.1. The van der Waals surface area contributed by atoms with E-state index in [9.17, 15) is 19.2 Å². The van der Waals surface area contributed by atoms with Gasteiger partial charge in [0.15, 0.2) is 0 Å². The fourth-order valence-corrected chi connectivity index (χ4v) is 2.83. The first-order valence-corrected chi connectivity index (χ1v) is 15.4. The lowest BCUT2D eigenvalue weighted by Gasteiger charge is -2.19. The van der Waals surface area contributed by atoms with Crippen molar-refractivity contribution in [3.8, 4) is 0 Å². The van der Waals surface area contributed by atoms with Gasteiger partial charge in [0, 0.05) is 18.8 Å². The average molecular weight is 644 g/mol. The Bertz CT molecular complexity index is 877. The van der Waals surface area contributed by atoms with Crippen molar-refractivity contribution in [2.45, 2.75) is 92.5 Å². The number of nitrogens with two attached hydrogens (primary N) is 2. The van der Waals surface area contributed by atoms with Crippen molar-refractivity contribution in [3.63, 3.8) is 0 Å². The smallest absolute Gasteiger partial charge is 0.407 e. The fraction of sp³-hybridized carbons (Fsp3) is 0.688. The largest absolute Gasteiger partial charge is 0.444 e. The van der Waals surface area contributed by atoms with Gasteiger partial charge in [0.25, 0.3) is 0 Å². The minimum Gasteiger partial charge on any atom is -0.444 e. The number of alkyl carbamates (subject to hydrolysis) is 1. The van der Waals surface area contributed by atoms with Crippen LogP contribution in [0, 0.1) is 5.92 Å². The Hall–Kier alpha value is -3.10. The van der Waals surface area contributed by atoms with Crippen LogP contribution in [0.3, 0.4) is 0 Å². The summed E-state index contributed by atoms with van der Waals surface area (Å²) in [6.45, 7) is 15.8. The number of hydrogen-bond donors (Lipinski definition) is 6. The third kappa shape index (κ3) is 35.3. The first kappa shape index (κ1) is 46.3. The number of unbranched alkanes of at least 4 members (excludes halogenated alkanes) is 1. The Kier molecular flexibility index (Phi) is 31.8. The molecule has 45 heavy (non-hydrogen) atoms. The molecule has 0 saturated heterocycles. The topological polar surface area (TPSA) is 204 Å². The summed E-state index contributed by atoms with van der Waals surface area (Å²) >= 11 is 0. The van der Waals surface area contributed by atoms with Gasteiger partial charge in [0.05, 0.1) is 19.3 Å². The minimum atomic E-state index is -0.474. The van der Waals surface area contributed by atoms with Crippen molar-refractivity contribution in [1.82, 2.24) is 10.6 Å². The van der Waals surface area contributed by atoms with Crippen molar-refractivity contribution in [3.05, 3.63) is 29.8 Å². The molecule has 0 spiro atoms. The van der Waals surface area contributed by atoms with Crippen molar-refractivity contribution in [1.29, 1.82) is 0 Å². The van der Waals surface area contributed by atoms with E-state index in [1.165, 1.54) is 7.05 Å². The molecule has 0 aliphatic heterocycles. The highest BCUT2D eigenvalue weighted by molar-refractivity contribution is 5.94. The Morgan fingerprint density at radius 2 is 1.62 bits per heavy atom. The van der Waals surface area contributed by atoms with Gasteiger partial charge >= 0.3 is 6.09 Å². The van der Waals surface area contributed by atoms with E-state index in [0.717, 1.165) is 50.3 Å². The molecule has 0 aliphatic carbocycles. The first-order chi connectivity index (χ1) is 21.3. The lowest BCUT2D eigenvalue weighted by Crippen LogP contribution is -2.35. The van der Waals surface area contributed by atoms with Crippen LogP contribution in [-0.2, 0) is 35.2 Å². The third-order valence-electron chi connectivity index (χ3n) is 5.15. The second kappa shape index (κ2) is 30.9. The standard InChI is InChI=1S/C13H16N2O5.C9H19NO2.C9H21NO.CH5N/c16-5-6-20-9-13(19)14-7-12(18)15-11-3-1-10(8-17)2-4-11;1-5-6-7-10-8(11)12-9(2,3)4;1-8(2)5-7-11-9(3)4-6-10;1-2/h1-5,17H,6-9H2,(H,14,19)(H,15,18);5-7H2,1-4H3,(H,10,11);8-9H,4-7,10H2,1-3H3;2H2,1H3. The molecule has 0 bridgehead atoms. The summed E-state index contributed by atoms with van der Waals surface area (Å²) in [6, 6.07) is 6.67. The molecule has 0 aromatic heterocycles. The van der Waals surface area contributed by atoms with Crippen LogP contribution in [0.2, 0.25) is 0 Å². The number of ether oxygens (including phenoxy) is 3. The molecule has 1 atom stereocenters. The molecule has 1 rings (SSSR count). The number of rotatable bonds is 17. The number of carbonyl (C=O) groups is 4. The molecular weight excluding hydrogens is 582 g/mol. The Morgan fingerprint density at radius 3 is 2.11 bits per heavy atom. The lowest BCUT2D eigenvalue weighted by atomic mass is 10.1. The summed E-state index contributed by atoms with van der Waals surface area (Å²) in [4.78, 5) is 43.7. The maximum atomic E-state index is 11.5. The van der Waals surface area contributed by atoms with E-state index in [1.807, 2.05) is 20.8 Å². The summed E-state index contributed by atoms with van der Waals surface area (Å²) in [5.41, 5.74) is 10.8. The zero-order valence-electron chi connectivity index (χ0n) is 28.8. The van der Waals surface area contributed by atoms with Gasteiger partial charge in [-0.15, -0.1) is 0 Å². The van der Waals surface area contributed by atoms with Crippen LogP contribution in [0.4, 0.5) is 10.5 Å². The van der Waals surface area contributed by atoms with Gasteiger partial charge < -0.3 is 51.5 Å². The lowest BCUT2D eigenvalue weighted by molar-refractivity contribution is -0.128. The number of carbonyl (C=O) groups excluding carboxylic acids is 4. The van der Waals surface area contributed by atoms with Crippen molar-refractivity contribution >= 4 is 29.9 Å². The van der Waals surface area contributed by atoms with Crippen molar-refractivity contribution in [2.75, 3.05) is 51.8 Å². The molecule has 3 amide bonds. The number of amides is 3. The van der Waals surface area contributed by atoms with E-state index in [1.54, 1.807) is 24.3 Å². The molecule has 0 radical (unpaired) electrons. The van der Waals surface area contributed by atoms with Crippen LogP contribution in [-0.4, -0.2) is 87.5 Å². The van der Waals surface area contributed by atoms with E-state index >= 15 is 0 Å². The predicted molar refractivity (Wildman–Crippen MR) is 179 cm³/mol. The number of benzene rings is 1. The van der Waals surface area contributed by atoms with E-state index in [0.29, 0.717) is 24.6 Å². The molecule has 1 aromatic carbocycles. The van der Waals surface area contributed by atoms with E-state index in [4.69, 9.17) is 20.3 Å². The Labute approximate surface area is 270 Å². The Balaban J connectivity index is -0.000000609. The van der Waals surface area contributed by atoms with Gasteiger partial charge in [-0.3, -0.25) is 9.59 Å². The molecule has 8 N–H and O–H groups in total. The number of hydrogen-bond acceptors (Lipinski definition) is 10. The number of aldehydes is 1. The minimum absolute atomic E-state index is 0.0644. The van der Waals surface area contributed by atoms with E-state index in [2.05, 4.69) is 54.1 Å². The van der Waals surface area contributed by atoms with Crippen LogP contribution < -0.4 is 27.4 Å². The highest BCUT2D eigenvalue weighted by atomic mass is 16.6. The summed E-state index contributed by atoms with van der Waals surface area (Å²) in [6.07, 6.45) is 4.74. The number of aliphatic hydroxyl groups excluding tert-OH is 1. The van der Waals surface area contributed by atoms with Gasteiger partial charge in [-0.05, 0) is 84.2 Å². The SMILES string of the molecule is CC(C)CCOC(C)CCN.CCCCNC(=O)OC(C)(C)C.CN.O=CCOCC(=O)NCC(=O)Nc1ccc(CO)cc1. The molecule has 0 fully saturated rings. The van der Waals surface area contributed by atoms with Gasteiger partial charge in [-0.25, -0.2) is 4.79 Å². The van der Waals surface area contributed by atoms with Crippen LogP contribution in [0.25, 0.3) is 0 Å². The number of aliphatic hydroxyl groups is 1. The van der Waals surface area contributed by atoms with Crippen LogP contribution in [0.1, 0.15) is 79.7 Å². The average Bonchev–Trinajstić information content (AvgIpc) is 2.97. The summed E-state index contributed by atoms with van der Waals surface area (Å²) < 4.78 is 15.2. The summed E-state index contributed by atoms with van der Waals surface area (Å²) in [7, 11) is 1.50. The molecule has 13 heteroatoms. The third-order valence-corrected chi connectivity index (χ3v) is 5.15. The van der Waals surface area contributed by atoms with Gasteiger partial charge in [-0.2, -0.15) is 0 Å². The summed E-state index contributed by atoms with van der Waals surface area (Å²) in [5.74, 6) is -0.122. The molecule has 1 unspecified atom stereocenters. The first-order valence-electron chi connectivity index (χ1n) is 15.4. The molecule has 0 saturated carbocycles. The van der Waals surface area contributed by atoms with E-state index in [-0.39, 0.29) is 38.4 Å². The van der Waals surface area contributed by atoms with Crippen molar-refractivity contribution in [2.24, 2.45) is 17.4 Å². The quantitative estimate of drug-likeness (QED) is 0.108. The molecule has 0 heterocycles. The van der Waals surface area contributed by atoms with Crippen LogP contribution in [0.5, 0.6) is 0 Å². The zero-order valence-corrected chi connectivity index (χ0v) is 28.8. The molecule has 1 aromatic rings. The fourth-order valence-electron chi connectivity index (χ4n) is 2.83. The zero-order chi connectivity index (χ0) is 35.1. The second-order valence-corrected chi connectivity index (χ2v) is 11.1. The van der Waals surface area contributed by atoms with Crippen molar-refractivity contribution < 1.29 is 38.5 Å².